The van der Waals surface area contributed by atoms with Crippen LogP contribution in [0.4, 0.5) is 10.2 Å². The number of hydrogen-bond donors (Lipinski definition) is 3. The van der Waals surface area contributed by atoms with Gasteiger partial charge >= 0.3 is 17.6 Å². The number of esters is 2. The van der Waals surface area contributed by atoms with Gasteiger partial charge in [-0.15, -0.1) is 0 Å². The molecule has 0 bridgehead atoms. The van der Waals surface area contributed by atoms with Gasteiger partial charge in [0.15, 0.2) is 12.4 Å². The molecule has 0 spiro atoms. The average molecular weight is 444 g/mol. The molecule has 2 rings (SSSR count). The van der Waals surface area contributed by atoms with Gasteiger partial charge in [-0.05, 0) is 18.0 Å². The fourth-order valence-electron chi connectivity index (χ4n) is 2.90. The molecule has 31 heavy (non-hydrogen) atoms. The fraction of sp³-hybridized carbons (Fsp3) is 0.625. The average Bonchev–Trinajstić information content (AvgIpc) is 3.01. The second kappa shape index (κ2) is 10.2. The predicted octanol–water partition coefficient (Wildman–Crippen LogP) is -0.623. The lowest BCUT2D eigenvalue weighted by atomic mass is 10.1. The molecular formula is C16H21FN6O8. The molecule has 0 radical (unpaired) electrons. The lowest BCUT2D eigenvalue weighted by Crippen LogP contribution is -2.43. The number of azide groups is 1. The zero-order valence-corrected chi connectivity index (χ0v) is 16.5. The smallest absolute Gasteiger partial charge is 0.351 e. The first-order valence-corrected chi connectivity index (χ1v) is 8.90. The summed E-state index contributed by atoms with van der Waals surface area (Å²) in [7, 11) is 2.33. The number of hydrogen-bond acceptors (Lipinski definition) is 11. The zero-order chi connectivity index (χ0) is 23.2. The maximum Gasteiger partial charge on any atom is 0.351 e. The van der Waals surface area contributed by atoms with Crippen LogP contribution in [0, 0.1) is 0 Å². The Labute approximate surface area is 174 Å². The van der Waals surface area contributed by atoms with E-state index in [0.29, 0.717) is 4.57 Å². The number of methoxy groups -OCH3 is 2. The third-order valence-corrected chi connectivity index (χ3v) is 4.58. The molecule has 1 fully saturated rings. The summed E-state index contributed by atoms with van der Waals surface area (Å²) in [4.78, 5) is 41.7. The van der Waals surface area contributed by atoms with Crippen LogP contribution >= 0.6 is 0 Å². The number of nitrogens with zero attached hydrogens (tertiary/aromatic N) is 5. The summed E-state index contributed by atoms with van der Waals surface area (Å²) in [6.07, 6.45) is -5.05. The van der Waals surface area contributed by atoms with Crippen molar-refractivity contribution in [2.24, 2.45) is 5.11 Å². The highest BCUT2D eigenvalue weighted by Crippen LogP contribution is 2.39. The van der Waals surface area contributed by atoms with Crippen LogP contribution in [0.25, 0.3) is 10.4 Å². The van der Waals surface area contributed by atoms with Crippen molar-refractivity contribution in [2.45, 2.75) is 43.1 Å². The number of rotatable bonds is 9. The Morgan fingerprint density at radius 3 is 2.77 bits per heavy atom. The van der Waals surface area contributed by atoms with E-state index in [2.05, 4.69) is 29.8 Å². The minimum atomic E-state index is -2.31. The number of halogens is 1. The zero-order valence-electron chi connectivity index (χ0n) is 16.5. The van der Waals surface area contributed by atoms with E-state index in [1.807, 2.05) is 0 Å². The molecule has 14 nitrogen and oxygen atoms in total. The summed E-state index contributed by atoms with van der Waals surface area (Å²) < 4.78 is 29.6. The second-order valence-electron chi connectivity index (χ2n) is 6.43. The Bertz CT molecular complexity index is 922. The third-order valence-electron chi connectivity index (χ3n) is 4.58. The van der Waals surface area contributed by atoms with Gasteiger partial charge in [0.25, 0.3) is 0 Å². The minimum Gasteiger partial charge on any atom is -0.469 e. The normalized spacial score (nSPS) is 25.9. The number of carbonyl (C=O) groups excluding carboxylic acids is 2. The van der Waals surface area contributed by atoms with Crippen molar-refractivity contribution >= 4 is 17.8 Å². The summed E-state index contributed by atoms with van der Waals surface area (Å²) in [5.41, 5.74) is 5.26. The molecule has 2 heterocycles. The molecular weight excluding hydrogens is 423 g/mol. The number of aromatic nitrogens is 2. The molecule has 0 amide bonds. The number of aliphatic hydroxyl groups is 2. The number of aliphatic hydroxyl groups excluding tert-OH is 2. The van der Waals surface area contributed by atoms with Gasteiger partial charge in [0.05, 0.1) is 20.8 Å². The van der Waals surface area contributed by atoms with Crippen molar-refractivity contribution in [1.82, 2.24) is 9.55 Å². The second-order valence-corrected chi connectivity index (χ2v) is 6.43. The maximum absolute atomic E-state index is 14.5. The Balaban J connectivity index is 2.24. The molecule has 170 valence electrons. The number of alkyl halides is 1. The standard InChI is InChI=1S/C16H21FN6O8/c1-29-10(25)4-3-8(14(27)30-2)19-9-5-6-23(15(28)20-9)13-11(17)12(26)16(7-24,31-13)21-22-18/h5-6,8,11-13,24,26H,3-4,7H2,1-2H3,(H,19,20,28)/t8-,11-,12?,13+,16+/m0/s1. The van der Waals surface area contributed by atoms with Gasteiger partial charge in [-0.25, -0.2) is 14.0 Å². The van der Waals surface area contributed by atoms with E-state index >= 15 is 0 Å². The Morgan fingerprint density at radius 2 is 2.23 bits per heavy atom. The van der Waals surface area contributed by atoms with Gasteiger partial charge in [0, 0.05) is 17.5 Å². The van der Waals surface area contributed by atoms with Gasteiger partial charge in [-0.3, -0.25) is 9.36 Å². The van der Waals surface area contributed by atoms with E-state index < -0.39 is 54.5 Å². The lowest BCUT2D eigenvalue weighted by molar-refractivity contribution is -0.143. The molecule has 15 heteroatoms. The van der Waals surface area contributed by atoms with Crippen LogP contribution in [0.3, 0.4) is 0 Å². The first-order chi connectivity index (χ1) is 14.7. The first kappa shape index (κ1) is 24.0. The van der Waals surface area contributed by atoms with E-state index in [1.54, 1.807) is 0 Å². The van der Waals surface area contributed by atoms with Crippen LogP contribution in [0.2, 0.25) is 0 Å². The van der Waals surface area contributed by atoms with Gasteiger partial charge in [0.2, 0.25) is 5.72 Å². The summed E-state index contributed by atoms with van der Waals surface area (Å²) in [5.74, 6) is -1.36. The van der Waals surface area contributed by atoms with Crippen molar-refractivity contribution < 1.29 is 38.4 Å². The van der Waals surface area contributed by atoms with Crippen LogP contribution in [0.15, 0.2) is 22.2 Å². The van der Waals surface area contributed by atoms with Gasteiger partial charge < -0.3 is 29.7 Å². The highest BCUT2D eigenvalue weighted by molar-refractivity contribution is 5.80. The number of ether oxygens (including phenoxy) is 3. The Hall–Kier alpha value is -3.26. The van der Waals surface area contributed by atoms with Crippen molar-refractivity contribution in [2.75, 3.05) is 26.1 Å². The summed E-state index contributed by atoms with van der Waals surface area (Å²) in [6, 6.07) is 0.182. The summed E-state index contributed by atoms with van der Waals surface area (Å²) in [6.45, 7) is -1.03. The van der Waals surface area contributed by atoms with Gasteiger partial charge in [0.1, 0.15) is 18.0 Å². The molecule has 0 saturated carbocycles. The number of anilines is 1. The van der Waals surface area contributed by atoms with Crippen molar-refractivity contribution in [3.05, 3.63) is 33.2 Å². The van der Waals surface area contributed by atoms with Crippen molar-refractivity contribution in [3.8, 4) is 0 Å². The summed E-state index contributed by atoms with van der Waals surface area (Å²) in [5, 5.41) is 25.1. The monoisotopic (exact) mass is 444 g/mol. The molecule has 1 aliphatic rings. The lowest BCUT2D eigenvalue weighted by Gasteiger charge is -2.23. The van der Waals surface area contributed by atoms with Crippen molar-refractivity contribution in [3.63, 3.8) is 0 Å². The van der Waals surface area contributed by atoms with Crippen LogP contribution in [-0.4, -0.2) is 76.6 Å². The van der Waals surface area contributed by atoms with Gasteiger partial charge in [-0.2, -0.15) is 4.98 Å². The molecule has 0 aromatic carbocycles. The van der Waals surface area contributed by atoms with Gasteiger partial charge in [-0.1, -0.05) is 5.11 Å². The van der Waals surface area contributed by atoms with Crippen LogP contribution < -0.4 is 11.0 Å². The Morgan fingerprint density at radius 1 is 1.52 bits per heavy atom. The molecule has 1 aromatic heterocycles. The highest BCUT2D eigenvalue weighted by Gasteiger charge is 2.56. The third kappa shape index (κ3) is 5.08. The number of carbonyl (C=O) groups is 2. The molecule has 1 unspecified atom stereocenters. The van der Waals surface area contributed by atoms with Crippen molar-refractivity contribution in [1.29, 1.82) is 0 Å². The quantitative estimate of drug-likeness (QED) is 0.191. The SMILES string of the molecule is COC(=O)CC[C@H](Nc1ccn([C@@H]2O[C@@](CO)(N=[N+]=[N-])C(O)[C@@H]2F)c(=O)n1)C(=O)OC. The Kier molecular flexibility index (Phi) is 7.88. The van der Waals surface area contributed by atoms with Crippen LogP contribution in [-0.2, 0) is 23.8 Å². The molecule has 5 atom stereocenters. The largest absolute Gasteiger partial charge is 0.469 e. The van der Waals surface area contributed by atoms with E-state index in [4.69, 9.17) is 10.3 Å². The van der Waals surface area contributed by atoms with Crippen LogP contribution in [0.1, 0.15) is 19.1 Å². The molecule has 1 aromatic rings. The molecule has 3 N–H and O–H groups in total. The molecule has 1 aliphatic heterocycles. The van der Waals surface area contributed by atoms with E-state index in [1.165, 1.54) is 13.2 Å². The molecule has 0 aliphatic carbocycles. The minimum absolute atomic E-state index is 0.0141. The maximum atomic E-state index is 14.5. The van der Waals surface area contributed by atoms with E-state index in [9.17, 15) is 29.0 Å². The predicted molar refractivity (Wildman–Crippen MR) is 99.2 cm³/mol. The topological polar surface area (TPSA) is 198 Å². The molecule has 1 saturated heterocycles. The first-order valence-electron chi connectivity index (χ1n) is 8.90. The van der Waals surface area contributed by atoms with E-state index in [-0.39, 0.29) is 18.7 Å². The summed E-state index contributed by atoms with van der Waals surface area (Å²) >= 11 is 0. The van der Waals surface area contributed by atoms with Crippen LogP contribution in [0.5, 0.6) is 0 Å². The highest BCUT2D eigenvalue weighted by atomic mass is 19.1. The van der Waals surface area contributed by atoms with E-state index in [0.717, 1.165) is 13.3 Å². The number of nitrogens with one attached hydrogen (secondary N) is 1. The fourth-order valence-corrected chi connectivity index (χ4v) is 2.90.